The molecule has 2 bridgehead atoms. The Morgan fingerprint density at radius 1 is 1.34 bits per heavy atom. The molecule has 3 saturated heterocycles. The molecule has 4 aliphatic rings. The van der Waals surface area contributed by atoms with Gasteiger partial charge in [-0.3, -0.25) is 5.21 Å². The molecule has 1 N–H and O–H groups in total. The van der Waals surface area contributed by atoms with Crippen LogP contribution in [0.1, 0.15) is 69.9 Å². The summed E-state index contributed by atoms with van der Waals surface area (Å²) in [6.45, 7) is 7.26. The standard InChI is InChI=1S/C20H28N4O5/c1-19(2,3)28-18(26)22-7-4-12(10-22)15-8-13(21-29-15)14-9-20(5-6-20)16-11-23(14)17(25)24(16)27/h8,12,14,16,27H,4-7,9-11H2,1-3H3/t12?,14-,16-/m0/s1. The van der Waals surface area contributed by atoms with Gasteiger partial charge in [0.2, 0.25) is 0 Å². The van der Waals surface area contributed by atoms with Crippen LogP contribution in [0.3, 0.4) is 0 Å². The monoisotopic (exact) mass is 404 g/mol. The maximum absolute atomic E-state index is 12.5. The Labute approximate surface area is 169 Å². The Bertz CT molecular complexity index is 842. The van der Waals surface area contributed by atoms with Crippen LogP contribution in [-0.2, 0) is 4.74 Å². The second kappa shape index (κ2) is 6.10. The van der Waals surface area contributed by atoms with Crippen molar-refractivity contribution >= 4 is 12.1 Å². The van der Waals surface area contributed by atoms with Gasteiger partial charge in [0, 0.05) is 31.6 Å². The number of rotatable bonds is 2. The Hall–Kier alpha value is -2.29. The van der Waals surface area contributed by atoms with E-state index >= 15 is 0 Å². The van der Waals surface area contributed by atoms with E-state index in [1.54, 1.807) is 9.80 Å². The lowest BCUT2D eigenvalue weighted by Crippen LogP contribution is -2.41. The highest BCUT2D eigenvalue weighted by atomic mass is 16.6. The van der Waals surface area contributed by atoms with Gasteiger partial charge in [-0.15, -0.1) is 0 Å². The van der Waals surface area contributed by atoms with E-state index < -0.39 is 5.60 Å². The second-order valence-corrected chi connectivity index (χ2v) is 9.94. The van der Waals surface area contributed by atoms with E-state index in [1.165, 1.54) is 0 Å². The molecule has 0 radical (unpaired) electrons. The number of ether oxygens (including phenoxy) is 1. The molecule has 9 nitrogen and oxygen atoms in total. The van der Waals surface area contributed by atoms with Crippen LogP contribution in [0.25, 0.3) is 0 Å². The largest absolute Gasteiger partial charge is 0.444 e. The number of amides is 3. The van der Waals surface area contributed by atoms with Crippen molar-refractivity contribution in [3.63, 3.8) is 0 Å². The first-order valence-corrected chi connectivity index (χ1v) is 10.4. The molecule has 3 atom stereocenters. The number of urea groups is 1. The van der Waals surface area contributed by atoms with Gasteiger partial charge in [-0.05, 0) is 51.9 Å². The molecule has 0 aromatic carbocycles. The molecule has 1 saturated carbocycles. The van der Waals surface area contributed by atoms with Crippen molar-refractivity contribution in [2.75, 3.05) is 19.6 Å². The number of hydrogen-bond donors (Lipinski definition) is 1. The maximum Gasteiger partial charge on any atom is 0.410 e. The molecule has 1 aromatic rings. The molecule has 3 aliphatic heterocycles. The molecule has 29 heavy (non-hydrogen) atoms. The summed E-state index contributed by atoms with van der Waals surface area (Å²) in [7, 11) is 0. The van der Waals surface area contributed by atoms with Crippen molar-refractivity contribution in [1.29, 1.82) is 0 Å². The summed E-state index contributed by atoms with van der Waals surface area (Å²) in [5.74, 6) is 0.809. The molecule has 9 heteroatoms. The third kappa shape index (κ3) is 3.06. The molecule has 1 spiro atoms. The minimum atomic E-state index is -0.519. The zero-order valence-electron chi connectivity index (χ0n) is 17.1. The van der Waals surface area contributed by atoms with Gasteiger partial charge in [-0.2, -0.15) is 0 Å². The highest BCUT2D eigenvalue weighted by Crippen LogP contribution is 2.61. The minimum Gasteiger partial charge on any atom is -0.444 e. The van der Waals surface area contributed by atoms with E-state index in [9.17, 15) is 14.8 Å². The summed E-state index contributed by atoms with van der Waals surface area (Å²) in [6.07, 6.45) is 3.35. The number of hydroxylamine groups is 2. The predicted molar refractivity (Wildman–Crippen MR) is 100 cm³/mol. The van der Waals surface area contributed by atoms with Gasteiger partial charge >= 0.3 is 12.1 Å². The van der Waals surface area contributed by atoms with Gasteiger partial charge in [0.1, 0.15) is 17.1 Å². The first kappa shape index (κ1) is 18.7. The number of hydrogen-bond acceptors (Lipinski definition) is 6. The number of aromatic nitrogens is 1. The predicted octanol–water partition coefficient (Wildman–Crippen LogP) is 3.12. The topological polar surface area (TPSA) is 99.4 Å². The van der Waals surface area contributed by atoms with Crippen LogP contribution in [0.15, 0.2) is 10.6 Å². The lowest BCUT2D eigenvalue weighted by atomic mass is 9.84. The summed E-state index contributed by atoms with van der Waals surface area (Å²) >= 11 is 0. The van der Waals surface area contributed by atoms with E-state index in [-0.39, 0.29) is 35.5 Å². The first-order chi connectivity index (χ1) is 13.7. The van der Waals surface area contributed by atoms with Gasteiger partial charge in [0.05, 0.1) is 12.1 Å². The average molecular weight is 404 g/mol. The van der Waals surface area contributed by atoms with Crippen LogP contribution in [-0.4, -0.2) is 68.6 Å². The Morgan fingerprint density at radius 2 is 2.10 bits per heavy atom. The number of carbonyl (C=O) groups excluding carboxylic acids is 2. The summed E-state index contributed by atoms with van der Waals surface area (Å²) < 4.78 is 11.1. The molecule has 5 rings (SSSR count). The van der Waals surface area contributed by atoms with Crippen LogP contribution < -0.4 is 0 Å². The van der Waals surface area contributed by atoms with Gasteiger partial charge in [0.15, 0.2) is 0 Å². The smallest absolute Gasteiger partial charge is 0.410 e. The molecule has 1 aromatic heterocycles. The number of fused-ring (bicyclic) bond motifs is 3. The third-order valence-corrected chi connectivity index (χ3v) is 6.81. The average Bonchev–Trinajstić information content (AvgIpc) is 3.05. The van der Waals surface area contributed by atoms with Crippen molar-refractivity contribution in [2.24, 2.45) is 5.41 Å². The van der Waals surface area contributed by atoms with Gasteiger partial charge in [-0.1, -0.05) is 5.16 Å². The van der Waals surface area contributed by atoms with E-state index in [0.717, 1.165) is 42.2 Å². The van der Waals surface area contributed by atoms with Crippen LogP contribution in [0, 0.1) is 5.41 Å². The van der Waals surface area contributed by atoms with Crippen molar-refractivity contribution in [1.82, 2.24) is 20.0 Å². The molecule has 158 valence electrons. The number of likely N-dealkylation sites (tertiary alicyclic amines) is 1. The molecule has 3 amide bonds. The fourth-order valence-corrected chi connectivity index (χ4v) is 5.05. The summed E-state index contributed by atoms with van der Waals surface area (Å²) in [4.78, 5) is 28.2. The van der Waals surface area contributed by atoms with Crippen LogP contribution in [0.4, 0.5) is 9.59 Å². The fraction of sp³-hybridized carbons (Fsp3) is 0.750. The summed E-state index contributed by atoms with van der Waals surface area (Å²) in [6, 6.07) is 1.32. The molecule has 1 unspecified atom stereocenters. The van der Waals surface area contributed by atoms with Crippen LogP contribution in [0.2, 0.25) is 0 Å². The van der Waals surface area contributed by atoms with Gasteiger partial charge in [0.25, 0.3) is 0 Å². The SMILES string of the molecule is CC(C)(C)OC(=O)N1CCC(c2cc([C@@H]3CC4(CC4)[C@@H]4CN3C(=O)N4O)no2)C1. The zero-order chi connectivity index (χ0) is 20.6. The quantitative estimate of drug-likeness (QED) is 0.761. The number of nitrogens with zero attached hydrogens (tertiary/aromatic N) is 4. The summed E-state index contributed by atoms with van der Waals surface area (Å²) in [5, 5.41) is 15.4. The molecular weight excluding hydrogens is 376 g/mol. The van der Waals surface area contributed by atoms with Crippen molar-refractivity contribution in [3.8, 4) is 0 Å². The number of carbonyl (C=O) groups is 2. The Morgan fingerprint density at radius 3 is 2.79 bits per heavy atom. The minimum absolute atomic E-state index is 0.0159. The van der Waals surface area contributed by atoms with Gasteiger partial charge in [-0.25, -0.2) is 14.7 Å². The lowest BCUT2D eigenvalue weighted by Gasteiger charge is -2.35. The maximum atomic E-state index is 12.5. The normalized spacial score (nSPS) is 30.4. The molecule has 4 fully saturated rings. The first-order valence-electron chi connectivity index (χ1n) is 10.4. The molecule has 1 aliphatic carbocycles. The molecular formula is C20H28N4O5. The third-order valence-electron chi connectivity index (χ3n) is 6.81. The zero-order valence-corrected chi connectivity index (χ0v) is 17.1. The van der Waals surface area contributed by atoms with Crippen LogP contribution >= 0.6 is 0 Å². The van der Waals surface area contributed by atoms with Crippen molar-refractivity contribution in [3.05, 3.63) is 17.5 Å². The van der Waals surface area contributed by atoms with E-state index in [4.69, 9.17) is 9.26 Å². The highest BCUT2D eigenvalue weighted by molar-refractivity contribution is 5.77. The van der Waals surface area contributed by atoms with E-state index in [0.29, 0.717) is 19.6 Å². The lowest BCUT2D eigenvalue weighted by molar-refractivity contribution is -0.0782. The van der Waals surface area contributed by atoms with E-state index in [1.807, 2.05) is 26.8 Å². The van der Waals surface area contributed by atoms with Crippen LogP contribution in [0.5, 0.6) is 0 Å². The van der Waals surface area contributed by atoms with Gasteiger partial charge < -0.3 is 19.1 Å². The highest BCUT2D eigenvalue weighted by Gasteiger charge is 2.63. The number of piperidine rings is 1. The van der Waals surface area contributed by atoms with E-state index in [2.05, 4.69) is 5.16 Å². The Balaban J connectivity index is 1.29. The second-order valence-electron chi connectivity index (χ2n) is 9.94. The Kier molecular flexibility index (Phi) is 3.94. The molecule has 4 heterocycles. The fourth-order valence-electron chi connectivity index (χ4n) is 5.05. The van der Waals surface area contributed by atoms with Crippen molar-refractivity contribution in [2.45, 2.75) is 70.1 Å². The summed E-state index contributed by atoms with van der Waals surface area (Å²) in [5.41, 5.74) is 0.237. The van der Waals surface area contributed by atoms with Crippen molar-refractivity contribution < 1.29 is 24.1 Å².